The van der Waals surface area contributed by atoms with E-state index in [1.165, 1.54) is 6.07 Å². The first-order valence-corrected chi connectivity index (χ1v) is 7.11. The van der Waals surface area contributed by atoms with Crippen molar-refractivity contribution in [3.05, 3.63) is 57.4 Å². The molecule has 100 valence electrons. The Kier molecular flexibility index (Phi) is 3.44. The highest BCUT2D eigenvalue weighted by Gasteiger charge is 2.11. The van der Waals surface area contributed by atoms with Gasteiger partial charge in [-0.2, -0.15) is 0 Å². The summed E-state index contributed by atoms with van der Waals surface area (Å²) in [4.78, 5) is 8.72. The number of benzene rings is 2. The van der Waals surface area contributed by atoms with Crippen LogP contribution in [0.5, 0.6) is 0 Å². The molecule has 0 unspecified atom stereocenters. The highest BCUT2D eigenvalue weighted by Crippen LogP contribution is 2.29. The minimum Gasteiger partial charge on any atom is -0.227 e. The maximum atomic E-state index is 13.7. The topological polar surface area (TPSA) is 25.8 Å². The molecule has 0 saturated heterocycles. The van der Waals surface area contributed by atoms with Gasteiger partial charge in [-0.15, -0.1) is 0 Å². The molecule has 0 fully saturated rings. The predicted molar refractivity (Wildman–Crippen MR) is 82.4 cm³/mol. The van der Waals surface area contributed by atoms with Gasteiger partial charge in [0.2, 0.25) is 0 Å². The largest absolute Gasteiger partial charge is 0.227 e. The summed E-state index contributed by atoms with van der Waals surface area (Å²) in [6.07, 6.45) is 0. The van der Waals surface area contributed by atoms with Gasteiger partial charge < -0.3 is 0 Å². The quantitative estimate of drug-likeness (QED) is 0.566. The fourth-order valence-electron chi connectivity index (χ4n) is 1.94. The highest BCUT2D eigenvalue weighted by atomic mass is 79.9. The summed E-state index contributed by atoms with van der Waals surface area (Å²) in [5.41, 5.74) is 1.90. The van der Waals surface area contributed by atoms with Gasteiger partial charge >= 0.3 is 0 Å². The van der Waals surface area contributed by atoms with Gasteiger partial charge in [0.1, 0.15) is 11.0 Å². The normalized spacial score (nSPS) is 11.0. The van der Waals surface area contributed by atoms with E-state index in [4.69, 9.17) is 11.6 Å². The van der Waals surface area contributed by atoms with Gasteiger partial charge in [-0.3, -0.25) is 0 Å². The Morgan fingerprint density at radius 2 is 1.95 bits per heavy atom. The van der Waals surface area contributed by atoms with Crippen molar-refractivity contribution in [1.82, 2.24) is 9.97 Å². The van der Waals surface area contributed by atoms with Crippen molar-refractivity contribution < 1.29 is 4.39 Å². The van der Waals surface area contributed by atoms with E-state index in [9.17, 15) is 4.39 Å². The standard InChI is InChI=1S/C15H9BrClFN2/c1-8-5-6-9(7-12(8)18)15-19-13-10(14(17)20-15)3-2-4-11(13)16/h2-7H,1H3. The summed E-state index contributed by atoms with van der Waals surface area (Å²) in [6, 6.07) is 10.5. The van der Waals surface area contributed by atoms with Gasteiger partial charge in [0.05, 0.1) is 5.52 Å². The minimum atomic E-state index is -0.283. The smallest absolute Gasteiger partial charge is 0.161 e. The maximum Gasteiger partial charge on any atom is 0.161 e. The number of aryl methyl sites for hydroxylation is 1. The van der Waals surface area contributed by atoms with E-state index < -0.39 is 0 Å². The van der Waals surface area contributed by atoms with Crippen LogP contribution in [0.2, 0.25) is 5.15 Å². The lowest BCUT2D eigenvalue weighted by atomic mass is 10.1. The number of fused-ring (bicyclic) bond motifs is 1. The van der Waals surface area contributed by atoms with Gasteiger partial charge in [-0.1, -0.05) is 29.8 Å². The summed E-state index contributed by atoms with van der Waals surface area (Å²) >= 11 is 9.63. The summed E-state index contributed by atoms with van der Waals surface area (Å²) in [6.45, 7) is 1.71. The molecule has 0 saturated carbocycles. The van der Waals surface area contributed by atoms with Crippen molar-refractivity contribution in [3.63, 3.8) is 0 Å². The third-order valence-electron chi connectivity index (χ3n) is 3.06. The molecular formula is C15H9BrClFN2. The van der Waals surface area contributed by atoms with Crippen LogP contribution >= 0.6 is 27.5 Å². The van der Waals surface area contributed by atoms with Crippen molar-refractivity contribution in [2.45, 2.75) is 6.92 Å². The third kappa shape index (κ3) is 2.30. The molecule has 0 bridgehead atoms. The van der Waals surface area contributed by atoms with E-state index in [0.717, 1.165) is 9.86 Å². The second kappa shape index (κ2) is 5.11. The van der Waals surface area contributed by atoms with Gasteiger partial charge in [0, 0.05) is 15.4 Å². The fourth-order valence-corrected chi connectivity index (χ4v) is 2.63. The zero-order valence-electron chi connectivity index (χ0n) is 10.5. The molecule has 0 aliphatic rings. The summed E-state index contributed by atoms with van der Waals surface area (Å²) < 4.78 is 14.5. The van der Waals surface area contributed by atoms with Crippen molar-refractivity contribution in [2.75, 3.05) is 0 Å². The van der Waals surface area contributed by atoms with Gasteiger partial charge in [-0.05, 0) is 46.6 Å². The van der Waals surface area contributed by atoms with Crippen LogP contribution in [0.15, 0.2) is 40.9 Å². The molecular weight excluding hydrogens is 343 g/mol. The van der Waals surface area contributed by atoms with Crippen LogP contribution in [0.25, 0.3) is 22.3 Å². The Hall–Kier alpha value is -1.52. The summed E-state index contributed by atoms with van der Waals surface area (Å²) in [5, 5.41) is 1.12. The number of hydrogen-bond donors (Lipinski definition) is 0. The van der Waals surface area contributed by atoms with Crippen molar-refractivity contribution in [3.8, 4) is 11.4 Å². The van der Waals surface area contributed by atoms with Gasteiger partial charge in [0.15, 0.2) is 5.82 Å². The minimum absolute atomic E-state index is 0.283. The van der Waals surface area contributed by atoms with Crippen LogP contribution in [-0.2, 0) is 0 Å². The van der Waals surface area contributed by atoms with Crippen LogP contribution < -0.4 is 0 Å². The van der Waals surface area contributed by atoms with Crippen molar-refractivity contribution >= 4 is 38.4 Å². The van der Waals surface area contributed by atoms with E-state index in [1.54, 1.807) is 19.1 Å². The van der Waals surface area contributed by atoms with Crippen molar-refractivity contribution in [1.29, 1.82) is 0 Å². The Morgan fingerprint density at radius 3 is 2.70 bits per heavy atom. The van der Waals surface area contributed by atoms with Crippen molar-refractivity contribution in [2.24, 2.45) is 0 Å². The van der Waals surface area contributed by atoms with E-state index in [2.05, 4.69) is 25.9 Å². The molecule has 3 rings (SSSR count). The van der Waals surface area contributed by atoms with Crippen LogP contribution in [0, 0.1) is 12.7 Å². The Balaban J connectivity index is 2.26. The summed E-state index contributed by atoms with van der Waals surface area (Å²) in [7, 11) is 0. The van der Waals surface area contributed by atoms with Gasteiger partial charge in [-0.25, -0.2) is 14.4 Å². The zero-order valence-corrected chi connectivity index (χ0v) is 12.8. The second-order valence-corrected chi connectivity index (χ2v) is 5.65. The molecule has 1 aromatic heterocycles. The number of hydrogen-bond acceptors (Lipinski definition) is 2. The molecule has 3 aromatic rings. The average Bonchev–Trinajstić information content (AvgIpc) is 2.43. The lowest BCUT2D eigenvalue weighted by Crippen LogP contribution is -1.94. The van der Waals surface area contributed by atoms with Gasteiger partial charge in [0.25, 0.3) is 0 Å². The van der Waals surface area contributed by atoms with E-state index in [-0.39, 0.29) is 5.82 Å². The van der Waals surface area contributed by atoms with Crippen LogP contribution in [-0.4, -0.2) is 9.97 Å². The third-order valence-corrected chi connectivity index (χ3v) is 3.99. The molecule has 5 heteroatoms. The summed E-state index contributed by atoms with van der Waals surface area (Å²) in [5.74, 6) is 0.128. The zero-order chi connectivity index (χ0) is 14.3. The number of halogens is 3. The number of nitrogens with zero attached hydrogens (tertiary/aromatic N) is 2. The molecule has 2 aromatic carbocycles. The molecule has 0 atom stereocenters. The Bertz CT molecular complexity index is 820. The SMILES string of the molecule is Cc1ccc(-c2nc(Cl)c3cccc(Br)c3n2)cc1F. The molecule has 20 heavy (non-hydrogen) atoms. The average molecular weight is 352 g/mol. The fraction of sp³-hybridized carbons (Fsp3) is 0.0667. The molecule has 2 nitrogen and oxygen atoms in total. The first-order valence-electron chi connectivity index (χ1n) is 5.94. The lowest BCUT2D eigenvalue weighted by molar-refractivity contribution is 0.619. The van der Waals surface area contributed by atoms with E-state index in [1.807, 2.05) is 18.2 Å². The van der Waals surface area contributed by atoms with E-state index in [0.29, 0.717) is 27.6 Å². The maximum absolute atomic E-state index is 13.7. The number of rotatable bonds is 1. The van der Waals surface area contributed by atoms with Crippen LogP contribution in [0.4, 0.5) is 4.39 Å². The second-order valence-electron chi connectivity index (χ2n) is 4.44. The molecule has 1 heterocycles. The molecule has 0 spiro atoms. The highest BCUT2D eigenvalue weighted by molar-refractivity contribution is 9.10. The Labute approximate surface area is 128 Å². The molecule has 0 aliphatic heterocycles. The molecule has 0 amide bonds. The Morgan fingerprint density at radius 1 is 1.15 bits per heavy atom. The first-order chi connectivity index (χ1) is 9.56. The molecule has 0 N–H and O–H groups in total. The monoisotopic (exact) mass is 350 g/mol. The number of para-hydroxylation sites is 1. The predicted octanol–water partition coefficient (Wildman–Crippen LogP) is 5.16. The first kappa shape index (κ1) is 13.5. The molecule has 0 aliphatic carbocycles. The van der Waals surface area contributed by atoms with Crippen LogP contribution in [0.3, 0.4) is 0 Å². The lowest BCUT2D eigenvalue weighted by Gasteiger charge is -2.06. The van der Waals surface area contributed by atoms with Crippen LogP contribution in [0.1, 0.15) is 5.56 Å². The number of aromatic nitrogens is 2. The van der Waals surface area contributed by atoms with E-state index >= 15 is 0 Å². The molecule has 0 radical (unpaired) electrons.